The normalized spacial score (nSPS) is 9.67. The fourth-order valence-electron chi connectivity index (χ4n) is 1.07. The average Bonchev–Trinajstić information content (AvgIpc) is 2.32. The van der Waals surface area contributed by atoms with Crippen molar-refractivity contribution in [3.05, 3.63) is 27.2 Å². The van der Waals surface area contributed by atoms with Crippen LogP contribution in [-0.2, 0) is 4.79 Å². The molecule has 0 aromatic heterocycles. The molecule has 0 fully saturated rings. The number of hydrogen-bond donors (Lipinski definition) is 1. The zero-order chi connectivity index (χ0) is 13.5. The van der Waals surface area contributed by atoms with Crippen molar-refractivity contribution in [1.82, 2.24) is 5.32 Å². The molecular formula is C11H9Cl3N2O2. The lowest BCUT2D eigenvalue weighted by Crippen LogP contribution is -2.29. The number of hydrogen-bond acceptors (Lipinski definition) is 3. The molecule has 7 heteroatoms. The van der Waals surface area contributed by atoms with E-state index in [9.17, 15) is 4.79 Å². The van der Waals surface area contributed by atoms with E-state index in [1.54, 1.807) is 0 Å². The molecule has 0 unspecified atom stereocenters. The summed E-state index contributed by atoms with van der Waals surface area (Å²) in [5.74, 6) is -0.0612. The van der Waals surface area contributed by atoms with Gasteiger partial charge in [0, 0.05) is 12.6 Å². The van der Waals surface area contributed by atoms with Gasteiger partial charge in [0.15, 0.2) is 6.61 Å². The van der Waals surface area contributed by atoms with Crippen molar-refractivity contribution in [2.45, 2.75) is 6.42 Å². The van der Waals surface area contributed by atoms with Gasteiger partial charge in [-0.3, -0.25) is 4.79 Å². The smallest absolute Gasteiger partial charge is 0.257 e. The van der Waals surface area contributed by atoms with Gasteiger partial charge in [-0.25, -0.2) is 0 Å². The van der Waals surface area contributed by atoms with Crippen LogP contribution in [0.5, 0.6) is 5.75 Å². The number of carbonyl (C=O) groups is 1. The van der Waals surface area contributed by atoms with Gasteiger partial charge in [-0.05, 0) is 6.07 Å². The van der Waals surface area contributed by atoms with Crippen LogP contribution in [0.15, 0.2) is 12.1 Å². The molecule has 18 heavy (non-hydrogen) atoms. The first-order valence-electron chi connectivity index (χ1n) is 4.95. The van der Waals surface area contributed by atoms with Crippen LogP contribution in [0.4, 0.5) is 0 Å². The van der Waals surface area contributed by atoms with Crippen LogP contribution in [0, 0.1) is 11.3 Å². The quantitative estimate of drug-likeness (QED) is 0.672. The first-order chi connectivity index (χ1) is 8.54. The molecule has 0 saturated carbocycles. The van der Waals surface area contributed by atoms with Crippen molar-refractivity contribution in [3.8, 4) is 11.8 Å². The topological polar surface area (TPSA) is 62.1 Å². The minimum Gasteiger partial charge on any atom is -0.482 e. The predicted molar refractivity (Wildman–Crippen MR) is 70.2 cm³/mol. The van der Waals surface area contributed by atoms with Gasteiger partial charge < -0.3 is 10.1 Å². The molecule has 1 rings (SSSR count). The Balaban J connectivity index is 2.51. The lowest BCUT2D eigenvalue weighted by molar-refractivity contribution is -0.123. The predicted octanol–water partition coefficient (Wildman–Crippen LogP) is 3.06. The van der Waals surface area contributed by atoms with Crippen molar-refractivity contribution in [2.24, 2.45) is 0 Å². The minimum absolute atomic E-state index is 0.205. The molecular weight excluding hydrogens is 298 g/mol. The summed E-state index contributed by atoms with van der Waals surface area (Å²) in [6.45, 7) is 0.0803. The molecule has 0 atom stereocenters. The second kappa shape index (κ2) is 7.32. The lowest BCUT2D eigenvalue weighted by Gasteiger charge is -2.09. The van der Waals surface area contributed by atoms with E-state index in [2.05, 4.69) is 5.32 Å². The number of rotatable bonds is 5. The summed E-state index contributed by atoms with van der Waals surface area (Å²) < 4.78 is 5.20. The van der Waals surface area contributed by atoms with Gasteiger partial charge in [0.05, 0.1) is 27.6 Å². The van der Waals surface area contributed by atoms with Crippen molar-refractivity contribution in [3.63, 3.8) is 0 Å². The van der Waals surface area contributed by atoms with E-state index in [0.717, 1.165) is 0 Å². The van der Waals surface area contributed by atoms with E-state index < -0.39 is 0 Å². The number of nitrogens with one attached hydrogen (secondary N) is 1. The molecule has 0 saturated heterocycles. The van der Waals surface area contributed by atoms with Crippen LogP contribution in [-0.4, -0.2) is 19.1 Å². The highest BCUT2D eigenvalue weighted by atomic mass is 35.5. The van der Waals surface area contributed by atoms with Crippen LogP contribution in [0.3, 0.4) is 0 Å². The standard InChI is InChI=1S/C11H9Cl3N2O2/c12-7-4-9(14)10(5-8(7)13)18-6-11(17)16-3-1-2-15/h4-5H,1,3,6H2,(H,16,17). The van der Waals surface area contributed by atoms with Crippen molar-refractivity contribution in [1.29, 1.82) is 5.26 Å². The molecule has 1 aromatic carbocycles. The third-order valence-corrected chi connectivity index (χ3v) is 2.91. The second-order valence-corrected chi connectivity index (χ2v) is 4.47. The second-order valence-electron chi connectivity index (χ2n) is 3.24. The van der Waals surface area contributed by atoms with Crippen LogP contribution in [0.2, 0.25) is 15.1 Å². The summed E-state index contributed by atoms with van der Waals surface area (Å²) in [4.78, 5) is 11.3. The van der Waals surface area contributed by atoms with E-state index in [1.807, 2.05) is 6.07 Å². The molecule has 0 bridgehead atoms. The number of ether oxygens (including phenoxy) is 1. The van der Waals surface area contributed by atoms with Crippen LogP contribution < -0.4 is 10.1 Å². The van der Waals surface area contributed by atoms with Crippen molar-refractivity contribution < 1.29 is 9.53 Å². The Morgan fingerprint density at radius 1 is 1.28 bits per heavy atom. The molecule has 0 spiro atoms. The Bertz CT molecular complexity index is 486. The van der Waals surface area contributed by atoms with Gasteiger partial charge >= 0.3 is 0 Å². The molecule has 1 amide bonds. The summed E-state index contributed by atoms with van der Waals surface area (Å²) in [5.41, 5.74) is 0. The monoisotopic (exact) mass is 306 g/mol. The number of amides is 1. The molecule has 0 heterocycles. The maximum atomic E-state index is 11.3. The molecule has 1 N–H and O–H groups in total. The minimum atomic E-state index is -0.340. The lowest BCUT2D eigenvalue weighted by atomic mass is 10.3. The third kappa shape index (κ3) is 4.61. The largest absolute Gasteiger partial charge is 0.482 e. The van der Waals surface area contributed by atoms with Crippen LogP contribution in [0.1, 0.15) is 6.42 Å². The SMILES string of the molecule is N#CCCNC(=O)COc1cc(Cl)c(Cl)cc1Cl. The number of nitriles is 1. The average molecular weight is 308 g/mol. The summed E-state index contributed by atoms with van der Waals surface area (Å²) in [6.07, 6.45) is 0.249. The van der Waals surface area contributed by atoms with Gasteiger partial charge in [-0.2, -0.15) is 5.26 Å². The maximum Gasteiger partial charge on any atom is 0.257 e. The Hall–Kier alpha value is -1.15. The van der Waals surface area contributed by atoms with Crippen molar-refractivity contribution >= 4 is 40.7 Å². The number of halogens is 3. The highest BCUT2D eigenvalue weighted by Gasteiger charge is 2.09. The highest BCUT2D eigenvalue weighted by molar-refractivity contribution is 6.43. The van der Waals surface area contributed by atoms with Gasteiger partial charge in [-0.15, -0.1) is 0 Å². The summed E-state index contributed by atoms with van der Waals surface area (Å²) >= 11 is 17.4. The van der Waals surface area contributed by atoms with Gasteiger partial charge in [0.1, 0.15) is 5.75 Å². The van der Waals surface area contributed by atoms with E-state index >= 15 is 0 Å². The fourth-order valence-corrected chi connectivity index (χ4v) is 1.66. The highest BCUT2D eigenvalue weighted by Crippen LogP contribution is 2.33. The molecule has 0 aliphatic rings. The van der Waals surface area contributed by atoms with E-state index in [4.69, 9.17) is 44.8 Å². The van der Waals surface area contributed by atoms with Gasteiger partial charge in [0.25, 0.3) is 5.91 Å². The first-order valence-corrected chi connectivity index (χ1v) is 6.09. The summed E-state index contributed by atoms with van der Waals surface area (Å²) in [6, 6.07) is 4.79. The Kier molecular flexibility index (Phi) is 6.06. The maximum absolute atomic E-state index is 11.3. The zero-order valence-electron chi connectivity index (χ0n) is 9.17. The fraction of sp³-hybridized carbons (Fsp3) is 0.273. The molecule has 0 aliphatic heterocycles. The summed E-state index contributed by atoms with van der Waals surface area (Å²) in [5, 5.41) is 11.7. The van der Waals surface area contributed by atoms with E-state index in [0.29, 0.717) is 10.0 Å². The van der Waals surface area contributed by atoms with Crippen LogP contribution >= 0.6 is 34.8 Å². The Morgan fingerprint density at radius 3 is 2.61 bits per heavy atom. The van der Waals surface area contributed by atoms with Gasteiger partial charge in [-0.1, -0.05) is 34.8 Å². The van der Waals surface area contributed by atoms with Crippen LogP contribution in [0.25, 0.3) is 0 Å². The number of nitrogens with zero attached hydrogens (tertiary/aromatic N) is 1. The molecule has 96 valence electrons. The van der Waals surface area contributed by atoms with E-state index in [1.165, 1.54) is 12.1 Å². The van der Waals surface area contributed by atoms with Crippen molar-refractivity contribution in [2.75, 3.05) is 13.2 Å². The molecule has 4 nitrogen and oxygen atoms in total. The number of carbonyl (C=O) groups excluding carboxylic acids is 1. The zero-order valence-corrected chi connectivity index (χ0v) is 11.4. The molecule has 1 aromatic rings. The molecule has 0 aliphatic carbocycles. The molecule has 0 radical (unpaired) electrons. The Morgan fingerprint density at radius 2 is 1.94 bits per heavy atom. The van der Waals surface area contributed by atoms with Gasteiger partial charge in [0.2, 0.25) is 0 Å². The summed E-state index contributed by atoms with van der Waals surface area (Å²) in [7, 11) is 0. The number of benzene rings is 1. The first kappa shape index (κ1) is 14.9. The third-order valence-electron chi connectivity index (χ3n) is 1.89. The Labute approximate surface area is 119 Å². The van der Waals surface area contributed by atoms with E-state index in [-0.39, 0.29) is 36.3 Å².